The van der Waals surface area contributed by atoms with Crippen LogP contribution in [0.1, 0.15) is 6.42 Å². The van der Waals surface area contributed by atoms with Crippen LogP contribution in [0.2, 0.25) is 0 Å². The molecule has 0 aromatic carbocycles. The van der Waals surface area contributed by atoms with Crippen LogP contribution >= 0.6 is 11.6 Å². The van der Waals surface area contributed by atoms with Gasteiger partial charge in [-0.05, 0) is 0 Å². The van der Waals surface area contributed by atoms with Crippen LogP contribution < -0.4 is 0 Å². The number of rotatable bonds is 2. The number of alkyl halides is 1. The van der Waals surface area contributed by atoms with Crippen molar-refractivity contribution in [3.8, 4) is 0 Å². The number of carbonyl (C=O) groups is 2. The van der Waals surface area contributed by atoms with Gasteiger partial charge in [0.2, 0.25) is 5.91 Å². The molecule has 0 saturated carbocycles. The molecule has 1 atom stereocenters. The first kappa shape index (κ1) is 8.53. The van der Waals surface area contributed by atoms with Crippen molar-refractivity contribution in [1.29, 1.82) is 0 Å². The van der Waals surface area contributed by atoms with Crippen LogP contribution in [0.15, 0.2) is 0 Å². The number of carbonyl (C=O) groups excluding carboxylic acids is 2. The van der Waals surface area contributed by atoms with E-state index in [1.807, 2.05) is 0 Å². The molecule has 1 aliphatic heterocycles. The summed E-state index contributed by atoms with van der Waals surface area (Å²) >= 11 is 5.35. The minimum Gasteiger partial charge on any atom is -0.345 e. The molecule has 11 heavy (non-hydrogen) atoms. The lowest BCUT2D eigenvalue weighted by atomic mass is 10.1. The van der Waals surface area contributed by atoms with Gasteiger partial charge in [0.15, 0.2) is 5.78 Å². The van der Waals surface area contributed by atoms with E-state index in [1.54, 1.807) is 11.9 Å². The zero-order valence-corrected chi connectivity index (χ0v) is 7.10. The lowest BCUT2D eigenvalue weighted by Crippen LogP contribution is -2.21. The van der Waals surface area contributed by atoms with Gasteiger partial charge in [-0.15, -0.1) is 11.6 Å². The van der Waals surface area contributed by atoms with Gasteiger partial charge < -0.3 is 4.90 Å². The highest BCUT2D eigenvalue weighted by Crippen LogP contribution is 2.16. The van der Waals surface area contributed by atoms with Gasteiger partial charge >= 0.3 is 0 Å². The fourth-order valence-corrected chi connectivity index (χ4v) is 1.41. The van der Waals surface area contributed by atoms with Crippen molar-refractivity contribution in [2.45, 2.75) is 6.42 Å². The molecule has 0 radical (unpaired) electrons. The highest BCUT2D eigenvalue weighted by Gasteiger charge is 2.30. The number of nitrogens with zero attached hydrogens (tertiary/aromatic N) is 1. The van der Waals surface area contributed by atoms with Crippen molar-refractivity contribution >= 4 is 23.3 Å². The van der Waals surface area contributed by atoms with E-state index in [0.717, 1.165) is 0 Å². The molecule has 0 spiro atoms. The van der Waals surface area contributed by atoms with Crippen molar-refractivity contribution in [3.63, 3.8) is 0 Å². The van der Waals surface area contributed by atoms with Gasteiger partial charge in [-0.2, -0.15) is 0 Å². The first-order valence-corrected chi connectivity index (χ1v) is 4.01. The van der Waals surface area contributed by atoms with Crippen LogP contribution in [0.25, 0.3) is 0 Å². The first-order valence-electron chi connectivity index (χ1n) is 3.47. The molecule has 0 N–H and O–H groups in total. The highest BCUT2D eigenvalue weighted by atomic mass is 35.5. The Balaban J connectivity index is 2.53. The van der Waals surface area contributed by atoms with Gasteiger partial charge in [0, 0.05) is 25.9 Å². The second-order valence-corrected chi connectivity index (χ2v) is 3.04. The highest BCUT2D eigenvalue weighted by molar-refractivity contribution is 6.28. The van der Waals surface area contributed by atoms with Crippen LogP contribution in [-0.2, 0) is 9.59 Å². The topological polar surface area (TPSA) is 37.4 Å². The Bertz CT molecular complexity index is 193. The summed E-state index contributed by atoms with van der Waals surface area (Å²) in [4.78, 5) is 23.5. The Hall–Kier alpha value is -0.570. The first-order chi connectivity index (χ1) is 5.15. The maximum absolute atomic E-state index is 11.0. The van der Waals surface area contributed by atoms with Crippen molar-refractivity contribution in [2.24, 2.45) is 5.92 Å². The molecule has 1 rings (SSSR count). The van der Waals surface area contributed by atoms with Gasteiger partial charge in [0.1, 0.15) is 0 Å². The van der Waals surface area contributed by atoms with E-state index >= 15 is 0 Å². The fourth-order valence-electron chi connectivity index (χ4n) is 1.19. The largest absolute Gasteiger partial charge is 0.345 e. The molecule has 1 aliphatic rings. The Kier molecular flexibility index (Phi) is 2.49. The average Bonchev–Trinajstić information content (AvgIpc) is 2.31. The molecule has 1 unspecified atom stereocenters. The Morgan fingerprint density at radius 2 is 2.45 bits per heavy atom. The van der Waals surface area contributed by atoms with E-state index in [1.165, 1.54) is 0 Å². The van der Waals surface area contributed by atoms with Crippen LogP contribution in [-0.4, -0.2) is 36.1 Å². The van der Waals surface area contributed by atoms with E-state index in [0.29, 0.717) is 13.0 Å². The summed E-state index contributed by atoms with van der Waals surface area (Å²) in [5, 5.41) is 0. The van der Waals surface area contributed by atoms with Gasteiger partial charge in [0.25, 0.3) is 0 Å². The summed E-state index contributed by atoms with van der Waals surface area (Å²) < 4.78 is 0. The monoisotopic (exact) mass is 175 g/mol. The van der Waals surface area contributed by atoms with Crippen molar-refractivity contribution in [3.05, 3.63) is 0 Å². The van der Waals surface area contributed by atoms with Gasteiger partial charge in [-0.1, -0.05) is 0 Å². The molecular formula is C7H10ClNO2. The molecule has 0 aliphatic carbocycles. The van der Waals surface area contributed by atoms with Crippen LogP contribution in [0.4, 0.5) is 0 Å². The molecule has 1 heterocycles. The van der Waals surface area contributed by atoms with E-state index in [9.17, 15) is 9.59 Å². The number of likely N-dealkylation sites (tertiary alicyclic amines) is 1. The summed E-state index contributed by atoms with van der Waals surface area (Å²) in [5.41, 5.74) is 0. The third-order valence-corrected chi connectivity index (χ3v) is 2.19. The van der Waals surface area contributed by atoms with E-state index in [2.05, 4.69) is 0 Å². The third kappa shape index (κ3) is 1.71. The van der Waals surface area contributed by atoms with E-state index in [-0.39, 0.29) is 23.5 Å². The molecular weight excluding hydrogens is 166 g/mol. The standard InChI is InChI=1S/C7H10ClNO2/c1-9-4-5(2-7(9)11)6(10)3-8/h5H,2-4H2,1H3. The third-order valence-electron chi connectivity index (χ3n) is 1.93. The summed E-state index contributed by atoms with van der Waals surface area (Å²) in [6.45, 7) is 0.532. The van der Waals surface area contributed by atoms with Crippen LogP contribution in [0.5, 0.6) is 0 Å². The Morgan fingerprint density at radius 1 is 1.82 bits per heavy atom. The molecule has 1 amide bonds. The summed E-state index contributed by atoms with van der Waals surface area (Å²) in [6, 6.07) is 0. The quantitative estimate of drug-likeness (QED) is 0.565. The molecule has 62 valence electrons. The van der Waals surface area contributed by atoms with Gasteiger partial charge in [-0.25, -0.2) is 0 Å². The second-order valence-electron chi connectivity index (χ2n) is 2.78. The number of ketones is 1. The predicted octanol–water partition coefficient (Wildman–Crippen LogP) is 0.273. The van der Waals surface area contributed by atoms with Gasteiger partial charge in [-0.3, -0.25) is 9.59 Å². The van der Waals surface area contributed by atoms with Crippen molar-refractivity contribution in [1.82, 2.24) is 4.90 Å². The molecule has 1 fully saturated rings. The molecule has 4 heteroatoms. The van der Waals surface area contributed by atoms with Crippen molar-refractivity contribution < 1.29 is 9.59 Å². The van der Waals surface area contributed by atoms with E-state index in [4.69, 9.17) is 11.6 Å². The smallest absolute Gasteiger partial charge is 0.223 e. The zero-order valence-electron chi connectivity index (χ0n) is 6.34. The second kappa shape index (κ2) is 3.22. The number of Topliss-reactive ketones (excluding diaryl/α,β-unsaturated/α-hetero) is 1. The number of halogens is 1. The van der Waals surface area contributed by atoms with E-state index < -0.39 is 0 Å². The number of amides is 1. The lowest BCUT2D eigenvalue weighted by molar-refractivity contribution is -0.127. The molecule has 0 bridgehead atoms. The molecule has 0 aromatic rings. The Labute approximate surface area is 70.3 Å². The number of hydrogen-bond donors (Lipinski definition) is 0. The minimum absolute atomic E-state index is 0.0196. The fraction of sp³-hybridized carbons (Fsp3) is 0.714. The summed E-state index contributed by atoms with van der Waals surface area (Å²) in [6.07, 6.45) is 0.335. The van der Waals surface area contributed by atoms with Gasteiger partial charge in [0.05, 0.1) is 5.88 Å². The summed E-state index contributed by atoms with van der Waals surface area (Å²) in [7, 11) is 1.70. The molecule has 3 nitrogen and oxygen atoms in total. The maximum Gasteiger partial charge on any atom is 0.223 e. The molecule has 1 saturated heterocycles. The van der Waals surface area contributed by atoms with Crippen molar-refractivity contribution in [2.75, 3.05) is 19.5 Å². The van der Waals surface area contributed by atoms with Crippen LogP contribution in [0, 0.1) is 5.92 Å². The number of hydrogen-bond acceptors (Lipinski definition) is 2. The predicted molar refractivity (Wildman–Crippen MR) is 41.5 cm³/mol. The SMILES string of the molecule is CN1CC(C(=O)CCl)CC1=O. The normalized spacial score (nSPS) is 24.4. The van der Waals surface area contributed by atoms with Crippen LogP contribution in [0.3, 0.4) is 0 Å². The zero-order chi connectivity index (χ0) is 8.43. The lowest BCUT2D eigenvalue weighted by Gasteiger charge is -2.06. The molecule has 0 aromatic heterocycles. The summed E-state index contributed by atoms with van der Waals surface area (Å²) in [5.74, 6) is -0.131. The Morgan fingerprint density at radius 3 is 2.82 bits per heavy atom. The minimum atomic E-state index is -0.162. The maximum atomic E-state index is 11.0. The average molecular weight is 176 g/mol.